The Hall–Kier alpha value is -3.09. The smallest absolute Gasteiger partial charge is 0.295 e. The van der Waals surface area contributed by atoms with Gasteiger partial charge in [-0.2, -0.15) is 4.98 Å². The lowest BCUT2D eigenvalue weighted by molar-refractivity contribution is 0.0995. The van der Waals surface area contributed by atoms with Crippen molar-refractivity contribution in [2.24, 2.45) is 11.7 Å². The quantitative estimate of drug-likeness (QED) is 0.644. The predicted molar refractivity (Wildman–Crippen MR) is 106 cm³/mol. The van der Waals surface area contributed by atoms with Gasteiger partial charge in [-0.1, -0.05) is 19.3 Å². The van der Waals surface area contributed by atoms with E-state index in [1.165, 1.54) is 32.1 Å². The second kappa shape index (κ2) is 8.29. The summed E-state index contributed by atoms with van der Waals surface area (Å²) in [7, 11) is 0. The van der Waals surface area contributed by atoms with Gasteiger partial charge in [-0.3, -0.25) is 9.78 Å². The third kappa shape index (κ3) is 4.42. The van der Waals surface area contributed by atoms with Crippen LogP contribution in [-0.4, -0.2) is 22.4 Å². The Morgan fingerprint density at radius 2 is 2.07 bits per heavy atom. The highest BCUT2D eigenvalue weighted by atomic mass is 16.5. The Kier molecular flexibility index (Phi) is 5.41. The topological polar surface area (TPSA) is 103 Å². The van der Waals surface area contributed by atoms with Gasteiger partial charge in [-0.25, -0.2) is 0 Å². The van der Waals surface area contributed by atoms with E-state index in [2.05, 4.69) is 15.3 Å². The zero-order valence-electron chi connectivity index (χ0n) is 15.7. The molecule has 0 spiro atoms. The van der Waals surface area contributed by atoms with Gasteiger partial charge in [0.25, 0.3) is 11.9 Å². The van der Waals surface area contributed by atoms with Gasteiger partial charge in [0, 0.05) is 18.8 Å². The number of nitrogens with two attached hydrogens (primary N) is 1. The van der Waals surface area contributed by atoms with Crippen LogP contribution in [0.4, 0.5) is 6.01 Å². The van der Waals surface area contributed by atoms with Gasteiger partial charge in [0.2, 0.25) is 0 Å². The van der Waals surface area contributed by atoms with E-state index in [-0.39, 0.29) is 5.69 Å². The second-order valence-corrected chi connectivity index (χ2v) is 7.24. The summed E-state index contributed by atoms with van der Waals surface area (Å²) in [5, 5.41) is 3.33. The Balaban J connectivity index is 1.38. The van der Waals surface area contributed by atoms with Crippen LogP contribution in [0.15, 0.2) is 40.9 Å². The Bertz CT molecular complexity index is 963. The lowest BCUT2D eigenvalue weighted by atomic mass is 9.89. The number of nitrogens with zero attached hydrogens (tertiary/aromatic N) is 2. The summed E-state index contributed by atoms with van der Waals surface area (Å²) in [6.45, 7) is 1.20. The van der Waals surface area contributed by atoms with Gasteiger partial charge < -0.3 is 20.2 Å². The lowest BCUT2D eigenvalue weighted by Crippen LogP contribution is -2.17. The standard InChI is InChI=1S/C21H24N4O3/c22-20(26)18-10-15(8-9-23-18)13-27-16-6-7-17-19(11-16)28-21(25-17)24-12-14-4-2-1-3-5-14/h6-11,14H,1-5,12-13H2,(H2,22,26)(H,24,25). The molecule has 0 unspecified atom stereocenters. The van der Waals surface area contributed by atoms with Crippen LogP contribution < -0.4 is 15.8 Å². The molecule has 3 N–H and O–H groups in total. The van der Waals surface area contributed by atoms with Crippen molar-refractivity contribution >= 4 is 23.0 Å². The summed E-state index contributed by atoms with van der Waals surface area (Å²) in [6.07, 6.45) is 8.08. The summed E-state index contributed by atoms with van der Waals surface area (Å²) in [5.74, 6) is 0.811. The summed E-state index contributed by atoms with van der Waals surface area (Å²) < 4.78 is 11.6. The molecule has 7 nitrogen and oxygen atoms in total. The largest absolute Gasteiger partial charge is 0.489 e. The average Bonchev–Trinajstić information content (AvgIpc) is 3.14. The van der Waals surface area contributed by atoms with Gasteiger partial charge in [0.1, 0.15) is 23.6 Å². The van der Waals surface area contributed by atoms with E-state index in [0.717, 1.165) is 17.6 Å². The molecule has 1 amide bonds. The lowest BCUT2D eigenvalue weighted by Gasteiger charge is -2.21. The van der Waals surface area contributed by atoms with Crippen LogP contribution in [-0.2, 0) is 6.61 Å². The maximum absolute atomic E-state index is 11.2. The number of fused-ring (bicyclic) bond motifs is 1. The minimum atomic E-state index is -0.557. The molecule has 1 aromatic carbocycles. The molecule has 3 aromatic rings. The maximum atomic E-state index is 11.2. The average molecular weight is 380 g/mol. The van der Waals surface area contributed by atoms with Gasteiger partial charge in [0.15, 0.2) is 5.58 Å². The fourth-order valence-corrected chi connectivity index (χ4v) is 3.56. The molecule has 2 aromatic heterocycles. The number of rotatable bonds is 7. The zero-order valence-corrected chi connectivity index (χ0v) is 15.7. The summed E-state index contributed by atoms with van der Waals surface area (Å²) >= 11 is 0. The van der Waals surface area contributed by atoms with Gasteiger partial charge in [0.05, 0.1) is 0 Å². The van der Waals surface area contributed by atoms with Gasteiger partial charge in [-0.15, -0.1) is 0 Å². The van der Waals surface area contributed by atoms with E-state index in [1.54, 1.807) is 18.3 Å². The number of oxazole rings is 1. The fraction of sp³-hybridized carbons (Fsp3) is 0.381. The first-order chi connectivity index (χ1) is 13.7. The van der Waals surface area contributed by atoms with Crippen LogP contribution in [0.3, 0.4) is 0 Å². The molecule has 28 heavy (non-hydrogen) atoms. The van der Waals surface area contributed by atoms with E-state index >= 15 is 0 Å². The molecule has 0 atom stereocenters. The third-order valence-corrected chi connectivity index (χ3v) is 5.11. The molecule has 0 radical (unpaired) electrons. The highest BCUT2D eigenvalue weighted by Gasteiger charge is 2.14. The number of amides is 1. The van der Waals surface area contributed by atoms with E-state index in [0.29, 0.717) is 29.9 Å². The van der Waals surface area contributed by atoms with Crippen LogP contribution >= 0.6 is 0 Å². The molecule has 0 saturated heterocycles. The number of benzene rings is 1. The van der Waals surface area contributed by atoms with Crippen molar-refractivity contribution in [1.82, 2.24) is 9.97 Å². The number of hydrogen-bond acceptors (Lipinski definition) is 6. The first-order valence-electron chi connectivity index (χ1n) is 9.69. The van der Waals surface area contributed by atoms with Crippen molar-refractivity contribution in [3.8, 4) is 5.75 Å². The Labute approximate surface area is 163 Å². The van der Waals surface area contributed by atoms with Crippen LogP contribution in [0.5, 0.6) is 5.75 Å². The first kappa shape index (κ1) is 18.3. The predicted octanol–water partition coefficient (Wildman–Crippen LogP) is 3.89. The van der Waals surface area contributed by atoms with Crippen molar-refractivity contribution in [1.29, 1.82) is 0 Å². The maximum Gasteiger partial charge on any atom is 0.295 e. The molecule has 2 heterocycles. The number of ether oxygens (including phenoxy) is 1. The normalized spacial score (nSPS) is 14.9. The van der Waals surface area contributed by atoms with Crippen molar-refractivity contribution in [3.63, 3.8) is 0 Å². The number of carbonyl (C=O) groups is 1. The molecule has 1 aliphatic rings. The number of aromatic nitrogens is 2. The van der Waals surface area contributed by atoms with E-state index < -0.39 is 5.91 Å². The summed E-state index contributed by atoms with van der Waals surface area (Å²) in [5.41, 5.74) is 7.76. The number of primary amides is 1. The SMILES string of the molecule is NC(=O)c1cc(COc2ccc3nc(NCC4CCCCC4)oc3c2)ccn1. The van der Waals surface area contributed by atoms with Crippen molar-refractivity contribution < 1.29 is 13.9 Å². The Morgan fingerprint density at radius 3 is 2.89 bits per heavy atom. The third-order valence-electron chi connectivity index (χ3n) is 5.11. The van der Waals surface area contributed by atoms with Crippen LogP contribution in [0.25, 0.3) is 11.1 Å². The highest BCUT2D eigenvalue weighted by molar-refractivity contribution is 5.90. The zero-order chi connectivity index (χ0) is 19.3. The molecule has 1 saturated carbocycles. The first-order valence-corrected chi connectivity index (χ1v) is 9.69. The van der Waals surface area contributed by atoms with E-state index in [1.807, 2.05) is 18.2 Å². The Morgan fingerprint density at radius 1 is 1.21 bits per heavy atom. The molecule has 1 fully saturated rings. The van der Waals surface area contributed by atoms with Gasteiger partial charge in [-0.05, 0) is 48.6 Å². The molecule has 1 aliphatic carbocycles. The van der Waals surface area contributed by atoms with Crippen LogP contribution in [0, 0.1) is 5.92 Å². The number of carbonyl (C=O) groups excluding carboxylic acids is 1. The molecule has 0 bridgehead atoms. The van der Waals surface area contributed by atoms with Crippen molar-refractivity contribution in [2.45, 2.75) is 38.7 Å². The van der Waals surface area contributed by atoms with Gasteiger partial charge >= 0.3 is 0 Å². The number of hydrogen-bond donors (Lipinski definition) is 2. The monoisotopic (exact) mass is 380 g/mol. The molecule has 4 rings (SSSR count). The molecule has 7 heteroatoms. The summed E-state index contributed by atoms with van der Waals surface area (Å²) in [4.78, 5) is 19.6. The second-order valence-electron chi connectivity index (χ2n) is 7.24. The minimum Gasteiger partial charge on any atom is -0.489 e. The molecular formula is C21H24N4O3. The molecular weight excluding hydrogens is 356 g/mol. The highest BCUT2D eigenvalue weighted by Crippen LogP contribution is 2.27. The number of pyridine rings is 1. The van der Waals surface area contributed by atoms with E-state index in [9.17, 15) is 4.79 Å². The van der Waals surface area contributed by atoms with Crippen molar-refractivity contribution in [2.75, 3.05) is 11.9 Å². The van der Waals surface area contributed by atoms with Crippen LogP contribution in [0.1, 0.15) is 48.2 Å². The van der Waals surface area contributed by atoms with E-state index in [4.69, 9.17) is 14.9 Å². The minimum absolute atomic E-state index is 0.223. The number of nitrogens with one attached hydrogen (secondary N) is 1. The fourth-order valence-electron chi connectivity index (χ4n) is 3.56. The molecule has 146 valence electrons. The van der Waals surface area contributed by atoms with Crippen LogP contribution in [0.2, 0.25) is 0 Å². The summed E-state index contributed by atoms with van der Waals surface area (Å²) in [6, 6.07) is 9.52. The molecule has 0 aliphatic heterocycles. The number of anilines is 1. The van der Waals surface area contributed by atoms with Crippen molar-refractivity contribution in [3.05, 3.63) is 47.8 Å².